The third kappa shape index (κ3) is 3.19. The highest BCUT2D eigenvalue weighted by molar-refractivity contribution is 9.10. The minimum atomic E-state index is -0.548. The molecule has 0 saturated carbocycles. The van der Waals surface area contributed by atoms with Crippen LogP contribution >= 0.6 is 31.9 Å². The molecule has 0 bridgehead atoms. The van der Waals surface area contributed by atoms with Gasteiger partial charge in [-0.15, -0.1) is 0 Å². The van der Waals surface area contributed by atoms with Crippen molar-refractivity contribution in [2.24, 2.45) is 0 Å². The molecule has 0 amide bonds. The molecular formula is C14H13Br2NO. The molecule has 2 nitrogen and oxygen atoms in total. The van der Waals surface area contributed by atoms with Crippen molar-refractivity contribution >= 4 is 31.9 Å². The number of aromatic nitrogens is 1. The molecule has 0 fully saturated rings. The second-order valence-electron chi connectivity index (χ2n) is 4.17. The number of pyridine rings is 1. The van der Waals surface area contributed by atoms with E-state index in [1.807, 2.05) is 37.3 Å². The maximum absolute atomic E-state index is 10.3. The summed E-state index contributed by atoms with van der Waals surface area (Å²) in [5, 5.41) is 10.3. The van der Waals surface area contributed by atoms with Gasteiger partial charge in [0.05, 0.1) is 6.10 Å². The second-order valence-corrected chi connectivity index (χ2v) is 5.87. The first-order valence-corrected chi connectivity index (χ1v) is 7.20. The van der Waals surface area contributed by atoms with Gasteiger partial charge in [-0.1, -0.05) is 34.1 Å². The van der Waals surface area contributed by atoms with E-state index in [0.29, 0.717) is 6.42 Å². The van der Waals surface area contributed by atoms with Crippen LogP contribution in [0.5, 0.6) is 0 Å². The SMILES string of the molecule is Cc1cccc(C(O)Cc2ccc(Br)cn2)c1Br. The quantitative estimate of drug-likeness (QED) is 0.878. The smallest absolute Gasteiger partial charge is 0.0856 e. The standard InChI is InChI=1S/C14H13Br2NO/c1-9-3-2-4-12(14(9)16)13(18)7-11-6-5-10(15)8-17-11/h2-6,8,13,18H,7H2,1H3. The Morgan fingerprint density at radius 1 is 1.22 bits per heavy atom. The Hall–Kier alpha value is -0.710. The molecule has 2 rings (SSSR count). The van der Waals surface area contributed by atoms with Crippen LogP contribution in [0.2, 0.25) is 0 Å². The van der Waals surface area contributed by atoms with Gasteiger partial charge in [-0.2, -0.15) is 0 Å². The van der Waals surface area contributed by atoms with E-state index in [0.717, 1.165) is 25.8 Å². The molecular weight excluding hydrogens is 358 g/mol. The summed E-state index contributed by atoms with van der Waals surface area (Å²) in [6.45, 7) is 2.01. The van der Waals surface area contributed by atoms with Crippen LogP contribution in [0.4, 0.5) is 0 Å². The highest BCUT2D eigenvalue weighted by Crippen LogP contribution is 2.28. The van der Waals surface area contributed by atoms with E-state index in [-0.39, 0.29) is 0 Å². The molecule has 2 aromatic rings. The van der Waals surface area contributed by atoms with Crippen molar-refractivity contribution in [2.75, 3.05) is 0 Å². The molecule has 0 aliphatic rings. The molecule has 0 spiro atoms. The van der Waals surface area contributed by atoms with Crippen LogP contribution in [-0.2, 0) is 6.42 Å². The average molecular weight is 371 g/mol. The largest absolute Gasteiger partial charge is 0.388 e. The summed E-state index contributed by atoms with van der Waals surface area (Å²) in [6, 6.07) is 9.74. The Labute approximate surface area is 123 Å². The van der Waals surface area contributed by atoms with Gasteiger partial charge in [0, 0.05) is 27.3 Å². The van der Waals surface area contributed by atoms with Crippen LogP contribution in [0, 0.1) is 6.92 Å². The molecule has 0 aliphatic heterocycles. The van der Waals surface area contributed by atoms with Crippen LogP contribution in [0.25, 0.3) is 0 Å². The lowest BCUT2D eigenvalue weighted by Gasteiger charge is -2.14. The zero-order valence-corrected chi connectivity index (χ0v) is 13.1. The third-order valence-electron chi connectivity index (χ3n) is 2.77. The van der Waals surface area contributed by atoms with Crippen molar-refractivity contribution in [1.29, 1.82) is 0 Å². The van der Waals surface area contributed by atoms with Crippen LogP contribution in [0.15, 0.2) is 45.5 Å². The molecule has 1 aromatic heterocycles. The first-order valence-electron chi connectivity index (χ1n) is 5.61. The third-order valence-corrected chi connectivity index (χ3v) is 4.32. The van der Waals surface area contributed by atoms with Gasteiger partial charge in [0.2, 0.25) is 0 Å². The minimum Gasteiger partial charge on any atom is -0.388 e. The Balaban J connectivity index is 2.19. The number of hydrogen-bond acceptors (Lipinski definition) is 2. The summed E-state index contributed by atoms with van der Waals surface area (Å²) in [5.41, 5.74) is 2.90. The molecule has 94 valence electrons. The van der Waals surface area contributed by atoms with Gasteiger partial charge in [-0.3, -0.25) is 4.98 Å². The summed E-state index contributed by atoms with van der Waals surface area (Å²) >= 11 is 6.86. The topological polar surface area (TPSA) is 33.1 Å². The van der Waals surface area contributed by atoms with Gasteiger partial charge < -0.3 is 5.11 Å². The summed E-state index contributed by atoms with van der Waals surface area (Å²) in [5.74, 6) is 0. The maximum Gasteiger partial charge on any atom is 0.0856 e. The number of hydrogen-bond donors (Lipinski definition) is 1. The van der Waals surface area contributed by atoms with Crippen molar-refractivity contribution in [1.82, 2.24) is 4.98 Å². The molecule has 0 aliphatic carbocycles. The number of aliphatic hydroxyl groups is 1. The zero-order valence-electron chi connectivity index (χ0n) is 9.90. The summed E-state index contributed by atoms with van der Waals surface area (Å²) in [4.78, 5) is 4.27. The van der Waals surface area contributed by atoms with Crippen molar-refractivity contribution in [3.05, 3.63) is 62.3 Å². The molecule has 4 heteroatoms. The molecule has 1 unspecified atom stereocenters. The fourth-order valence-electron chi connectivity index (χ4n) is 1.76. The minimum absolute atomic E-state index is 0.509. The predicted molar refractivity (Wildman–Crippen MR) is 79.5 cm³/mol. The second kappa shape index (κ2) is 5.95. The van der Waals surface area contributed by atoms with E-state index in [1.165, 1.54) is 0 Å². The van der Waals surface area contributed by atoms with E-state index in [2.05, 4.69) is 36.8 Å². The predicted octanol–water partition coefficient (Wildman–Crippen LogP) is 4.19. The molecule has 18 heavy (non-hydrogen) atoms. The van der Waals surface area contributed by atoms with Gasteiger partial charge >= 0.3 is 0 Å². The highest BCUT2D eigenvalue weighted by Gasteiger charge is 2.13. The molecule has 1 heterocycles. The lowest BCUT2D eigenvalue weighted by Crippen LogP contribution is -2.04. The van der Waals surface area contributed by atoms with E-state index in [1.54, 1.807) is 6.20 Å². The Kier molecular flexibility index (Phi) is 4.54. The van der Waals surface area contributed by atoms with Gasteiger partial charge in [-0.25, -0.2) is 0 Å². The van der Waals surface area contributed by atoms with Gasteiger partial charge in [0.1, 0.15) is 0 Å². The van der Waals surface area contributed by atoms with Gasteiger partial charge in [0.15, 0.2) is 0 Å². The Bertz CT molecular complexity index is 540. The summed E-state index contributed by atoms with van der Waals surface area (Å²) in [7, 11) is 0. The highest BCUT2D eigenvalue weighted by atomic mass is 79.9. The maximum atomic E-state index is 10.3. The molecule has 1 atom stereocenters. The number of halogens is 2. The fourth-order valence-corrected chi connectivity index (χ4v) is 2.53. The summed E-state index contributed by atoms with van der Waals surface area (Å²) < 4.78 is 1.91. The lowest BCUT2D eigenvalue weighted by atomic mass is 10.0. The van der Waals surface area contributed by atoms with E-state index in [9.17, 15) is 5.11 Å². The number of aryl methyl sites for hydroxylation is 1. The number of nitrogens with zero attached hydrogens (tertiary/aromatic N) is 1. The van der Waals surface area contributed by atoms with E-state index in [4.69, 9.17) is 0 Å². The molecule has 1 aromatic carbocycles. The molecule has 0 saturated heterocycles. The lowest BCUT2D eigenvalue weighted by molar-refractivity contribution is 0.176. The summed E-state index contributed by atoms with van der Waals surface area (Å²) in [6.07, 6.45) is 1.70. The zero-order chi connectivity index (χ0) is 13.1. The first kappa shape index (κ1) is 13.7. The van der Waals surface area contributed by atoms with Crippen LogP contribution < -0.4 is 0 Å². The van der Waals surface area contributed by atoms with Crippen molar-refractivity contribution < 1.29 is 5.11 Å². The molecule has 0 radical (unpaired) electrons. The number of rotatable bonds is 3. The van der Waals surface area contributed by atoms with Crippen LogP contribution in [-0.4, -0.2) is 10.1 Å². The first-order chi connectivity index (χ1) is 8.58. The van der Waals surface area contributed by atoms with Crippen molar-refractivity contribution in [3.63, 3.8) is 0 Å². The Morgan fingerprint density at radius 3 is 2.67 bits per heavy atom. The number of aliphatic hydroxyl groups excluding tert-OH is 1. The van der Waals surface area contributed by atoms with Crippen LogP contribution in [0.3, 0.4) is 0 Å². The normalized spacial score (nSPS) is 12.4. The van der Waals surface area contributed by atoms with E-state index < -0.39 is 6.10 Å². The van der Waals surface area contributed by atoms with Crippen molar-refractivity contribution in [3.8, 4) is 0 Å². The van der Waals surface area contributed by atoms with Gasteiger partial charge in [-0.05, 0) is 46.1 Å². The number of benzene rings is 1. The van der Waals surface area contributed by atoms with Crippen molar-refractivity contribution in [2.45, 2.75) is 19.4 Å². The average Bonchev–Trinajstić information content (AvgIpc) is 2.35. The molecule has 1 N–H and O–H groups in total. The van der Waals surface area contributed by atoms with Gasteiger partial charge in [0.25, 0.3) is 0 Å². The van der Waals surface area contributed by atoms with Crippen LogP contribution in [0.1, 0.15) is 22.9 Å². The Morgan fingerprint density at radius 2 is 2.00 bits per heavy atom. The monoisotopic (exact) mass is 369 g/mol. The fraction of sp³-hybridized carbons (Fsp3) is 0.214. The van der Waals surface area contributed by atoms with E-state index >= 15 is 0 Å².